The van der Waals surface area contributed by atoms with Gasteiger partial charge >= 0.3 is 6.03 Å². The highest BCUT2D eigenvalue weighted by Gasteiger charge is 2.26. The molecule has 102 valence electrons. The molecule has 3 rings (SSSR count). The zero-order valence-electron chi connectivity index (χ0n) is 11.3. The molecular formula is C15H21N3O. The second-order valence-corrected chi connectivity index (χ2v) is 5.29. The van der Waals surface area contributed by atoms with E-state index >= 15 is 0 Å². The fourth-order valence-electron chi connectivity index (χ4n) is 2.91. The topological polar surface area (TPSA) is 35.6 Å². The molecule has 0 aromatic heterocycles. The van der Waals surface area contributed by atoms with Gasteiger partial charge in [0.15, 0.2) is 0 Å². The summed E-state index contributed by atoms with van der Waals surface area (Å²) in [5, 5.41) is 3.38. The van der Waals surface area contributed by atoms with E-state index in [4.69, 9.17) is 0 Å². The highest BCUT2D eigenvalue weighted by atomic mass is 16.2. The highest BCUT2D eigenvalue weighted by molar-refractivity contribution is 5.93. The summed E-state index contributed by atoms with van der Waals surface area (Å²) in [6, 6.07) is 8.39. The van der Waals surface area contributed by atoms with Crippen molar-refractivity contribution in [3.05, 3.63) is 29.8 Å². The molecule has 4 heteroatoms. The van der Waals surface area contributed by atoms with Crippen LogP contribution in [0.15, 0.2) is 24.3 Å². The van der Waals surface area contributed by atoms with Gasteiger partial charge in [-0.15, -0.1) is 0 Å². The van der Waals surface area contributed by atoms with Gasteiger partial charge in [0.1, 0.15) is 0 Å². The van der Waals surface area contributed by atoms with Crippen LogP contribution in [0.4, 0.5) is 10.5 Å². The summed E-state index contributed by atoms with van der Waals surface area (Å²) in [5.41, 5.74) is 2.29. The van der Waals surface area contributed by atoms with Crippen LogP contribution in [0, 0.1) is 0 Å². The van der Waals surface area contributed by atoms with Crippen molar-refractivity contribution < 1.29 is 4.79 Å². The first-order valence-electron chi connectivity index (χ1n) is 7.21. The first kappa shape index (κ1) is 12.5. The number of para-hydroxylation sites is 1. The second-order valence-electron chi connectivity index (χ2n) is 5.29. The van der Waals surface area contributed by atoms with Crippen LogP contribution in [-0.4, -0.2) is 37.1 Å². The Hall–Kier alpha value is -1.55. The molecule has 1 N–H and O–H groups in total. The summed E-state index contributed by atoms with van der Waals surface area (Å²) in [6.45, 7) is 4.27. The summed E-state index contributed by atoms with van der Waals surface area (Å²) < 4.78 is 0. The number of nitrogens with one attached hydrogen (secondary N) is 1. The van der Waals surface area contributed by atoms with Gasteiger partial charge in [-0.1, -0.05) is 18.2 Å². The number of hydrogen-bond acceptors (Lipinski definition) is 2. The van der Waals surface area contributed by atoms with E-state index in [1.807, 2.05) is 21.9 Å². The van der Waals surface area contributed by atoms with Crippen molar-refractivity contribution >= 4 is 11.7 Å². The Labute approximate surface area is 114 Å². The molecule has 0 bridgehead atoms. The standard InChI is InChI=1S/C15H21N3O/c19-15(17-9-4-1-5-10-17)18-11-8-16-12-13-6-2-3-7-14(13)18/h2-3,6-7,16H,1,4-5,8-12H2. The molecule has 1 aromatic rings. The molecule has 4 nitrogen and oxygen atoms in total. The molecule has 0 spiro atoms. The molecule has 2 heterocycles. The van der Waals surface area contributed by atoms with Crippen LogP contribution in [0.5, 0.6) is 0 Å². The molecular weight excluding hydrogens is 238 g/mol. The van der Waals surface area contributed by atoms with Gasteiger partial charge in [0.2, 0.25) is 0 Å². The zero-order valence-corrected chi connectivity index (χ0v) is 11.3. The molecule has 0 aliphatic carbocycles. The molecule has 19 heavy (non-hydrogen) atoms. The third-order valence-corrected chi connectivity index (χ3v) is 3.97. The Bertz CT molecular complexity index is 454. The van der Waals surface area contributed by atoms with E-state index in [1.165, 1.54) is 12.0 Å². The van der Waals surface area contributed by atoms with E-state index in [0.717, 1.165) is 51.3 Å². The molecule has 0 atom stereocenters. The fraction of sp³-hybridized carbons (Fsp3) is 0.533. The van der Waals surface area contributed by atoms with Crippen molar-refractivity contribution in [1.82, 2.24) is 10.2 Å². The van der Waals surface area contributed by atoms with Gasteiger partial charge < -0.3 is 10.2 Å². The molecule has 2 amide bonds. The Morgan fingerprint density at radius 3 is 2.68 bits per heavy atom. The predicted molar refractivity (Wildman–Crippen MR) is 76.3 cm³/mol. The van der Waals surface area contributed by atoms with Gasteiger partial charge in [-0.3, -0.25) is 4.90 Å². The number of nitrogens with zero attached hydrogens (tertiary/aromatic N) is 2. The van der Waals surface area contributed by atoms with E-state index in [9.17, 15) is 4.79 Å². The van der Waals surface area contributed by atoms with Gasteiger partial charge in [-0.2, -0.15) is 0 Å². The first-order valence-corrected chi connectivity index (χ1v) is 7.21. The zero-order chi connectivity index (χ0) is 13.1. The number of hydrogen-bond donors (Lipinski definition) is 1. The number of carbonyl (C=O) groups excluding carboxylic acids is 1. The number of urea groups is 1. The molecule has 2 aliphatic rings. The highest BCUT2D eigenvalue weighted by Crippen LogP contribution is 2.24. The van der Waals surface area contributed by atoms with Crippen LogP contribution < -0.4 is 10.2 Å². The Morgan fingerprint density at radius 1 is 1.05 bits per heavy atom. The average molecular weight is 259 g/mol. The van der Waals surface area contributed by atoms with E-state index in [0.29, 0.717) is 0 Å². The number of rotatable bonds is 0. The van der Waals surface area contributed by atoms with Crippen molar-refractivity contribution in [3.8, 4) is 0 Å². The van der Waals surface area contributed by atoms with Crippen LogP contribution in [0.1, 0.15) is 24.8 Å². The number of likely N-dealkylation sites (tertiary alicyclic amines) is 1. The van der Waals surface area contributed by atoms with Gasteiger partial charge in [0.25, 0.3) is 0 Å². The summed E-state index contributed by atoms with van der Waals surface area (Å²) >= 11 is 0. The maximum Gasteiger partial charge on any atom is 0.324 e. The average Bonchev–Trinajstić information content (AvgIpc) is 2.70. The minimum atomic E-state index is 0.177. The van der Waals surface area contributed by atoms with Crippen LogP contribution in [0.25, 0.3) is 0 Å². The Kier molecular flexibility index (Phi) is 3.69. The fourth-order valence-corrected chi connectivity index (χ4v) is 2.91. The molecule has 2 aliphatic heterocycles. The number of amides is 2. The van der Waals surface area contributed by atoms with E-state index in [1.54, 1.807) is 0 Å². The SMILES string of the molecule is O=C(N1CCCCC1)N1CCNCc2ccccc21. The van der Waals surface area contributed by atoms with Crippen LogP contribution in [-0.2, 0) is 6.54 Å². The summed E-state index contributed by atoms with van der Waals surface area (Å²) in [6.07, 6.45) is 3.53. The van der Waals surface area contributed by atoms with Gasteiger partial charge in [-0.25, -0.2) is 4.79 Å². The van der Waals surface area contributed by atoms with Crippen LogP contribution >= 0.6 is 0 Å². The van der Waals surface area contributed by atoms with Gasteiger partial charge in [-0.05, 0) is 30.9 Å². The quantitative estimate of drug-likeness (QED) is 0.775. The van der Waals surface area contributed by atoms with Crippen molar-refractivity contribution in [2.75, 3.05) is 31.1 Å². The lowest BCUT2D eigenvalue weighted by Crippen LogP contribution is -2.47. The lowest BCUT2D eigenvalue weighted by Gasteiger charge is -2.33. The van der Waals surface area contributed by atoms with Crippen molar-refractivity contribution in [3.63, 3.8) is 0 Å². The van der Waals surface area contributed by atoms with Crippen molar-refractivity contribution in [1.29, 1.82) is 0 Å². The normalized spacial score (nSPS) is 19.8. The van der Waals surface area contributed by atoms with Crippen LogP contribution in [0.2, 0.25) is 0 Å². The number of anilines is 1. The smallest absolute Gasteiger partial charge is 0.324 e. The minimum Gasteiger partial charge on any atom is -0.324 e. The monoisotopic (exact) mass is 259 g/mol. The molecule has 0 unspecified atom stereocenters. The molecule has 0 saturated carbocycles. The van der Waals surface area contributed by atoms with E-state index in [2.05, 4.69) is 17.4 Å². The molecule has 0 radical (unpaired) electrons. The third-order valence-electron chi connectivity index (χ3n) is 3.97. The number of piperidine rings is 1. The van der Waals surface area contributed by atoms with Crippen molar-refractivity contribution in [2.24, 2.45) is 0 Å². The first-order chi connectivity index (χ1) is 9.36. The maximum atomic E-state index is 12.7. The predicted octanol–water partition coefficient (Wildman–Crippen LogP) is 2.20. The summed E-state index contributed by atoms with van der Waals surface area (Å²) in [7, 11) is 0. The number of fused-ring (bicyclic) bond motifs is 1. The number of benzene rings is 1. The molecule has 1 aromatic carbocycles. The largest absolute Gasteiger partial charge is 0.324 e. The second kappa shape index (κ2) is 5.61. The van der Waals surface area contributed by atoms with E-state index < -0.39 is 0 Å². The van der Waals surface area contributed by atoms with Gasteiger partial charge in [0.05, 0.1) is 0 Å². The van der Waals surface area contributed by atoms with Gasteiger partial charge in [0, 0.05) is 38.4 Å². The lowest BCUT2D eigenvalue weighted by atomic mass is 10.1. The van der Waals surface area contributed by atoms with Crippen molar-refractivity contribution in [2.45, 2.75) is 25.8 Å². The van der Waals surface area contributed by atoms with Crippen LogP contribution in [0.3, 0.4) is 0 Å². The van der Waals surface area contributed by atoms with E-state index in [-0.39, 0.29) is 6.03 Å². The lowest BCUT2D eigenvalue weighted by molar-refractivity contribution is 0.193. The maximum absolute atomic E-state index is 12.7. The molecule has 1 fully saturated rings. The minimum absolute atomic E-state index is 0.177. The Balaban J connectivity index is 1.84. The summed E-state index contributed by atoms with van der Waals surface area (Å²) in [4.78, 5) is 16.6. The molecule has 1 saturated heterocycles. The Morgan fingerprint density at radius 2 is 1.84 bits per heavy atom. The third kappa shape index (κ3) is 2.59. The summed E-state index contributed by atoms with van der Waals surface area (Å²) in [5.74, 6) is 0. The number of carbonyl (C=O) groups is 1.